The molecule has 2 aliphatic rings. The van der Waals surface area contributed by atoms with E-state index in [9.17, 15) is 9.59 Å². The van der Waals surface area contributed by atoms with Crippen molar-refractivity contribution in [3.8, 4) is 0 Å². The van der Waals surface area contributed by atoms with Gasteiger partial charge in [0, 0.05) is 18.0 Å². The molecule has 5 nitrogen and oxygen atoms in total. The molecule has 0 saturated carbocycles. The van der Waals surface area contributed by atoms with E-state index in [4.69, 9.17) is 0 Å². The summed E-state index contributed by atoms with van der Waals surface area (Å²) in [4.78, 5) is 34.1. The number of hydrogen-bond acceptors (Lipinski definition) is 4. The zero-order valence-corrected chi connectivity index (χ0v) is 15.8. The number of carbonyl (C=O) groups is 1. The van der Waals surface area contributed by atoms with Crippen molar-refractivity contribution in [2.75, 3.05) is 13.1 Å². The molecule has 0 spiro atoms. The van der Waals surface area contributed by atoms with Crippen LogP contribution in [0.2, 0.25) is 0 Å². The van der Waals surface area contributed by atoms with Crippen molar-refractivity contribution >= 4 is 27.5 Å². The number of rotatable bonds is 2. The van der Waals surface area contributed by atoms with Crippen LogP contribution < -0.4 is 5.56 Å². The van der Waals surface area contributed by atoms with Gasteiger partial charge in [-0.25, -0.2) is 4.98 Å². The van der Waals surface area contributed by atoms with E-state index in [2.05, 4.69) is 18.8 Å². The molecule has 0 bridgehead atoms. The van der Waals surface area contributed by atoms with Crippen LogP contribution in [0.15, 0.2) is 11.1 Å². The molecule has 134 valence electrons. The molecule has 6 heteroatoms. The minimum absolute atomic E-state index is 0.0347. The maximum absolute atomic E-state index is 13.0. The normalized spacial score (nSPS) is 23.7. The van der Waals surface area contributed by atoms with Crippen LogP contribution >= 0.6 is 11.3 Å². The second kappa shape index (κ2) is 6.56. The highest BCUT2D eigenvalue weighted by molar-refractivity contribution is 7.18. The van der Waals surface area contributed by atoms with E-state index < -0.39 is 0 Å². The lowest BCUT2D eigenvalue weighted by molar-refractivity contribution is -0.133. The SMILES string of the molecule is C[C@@H]1CCc2c(sc3ncn(CC(=O)N4CCC[C@H](C)C4)c(=O)c23)C1. The average Bonchev–Trinajstić information content (AvgIpc) is 2.95. The molecule has 2 aromatic heterocycles. The molecule has 4 rings (SSSR count). The first-order valence-corrected chi connectivity index (χ1v) is 10.1. The van der Waals surface area contributed by atoms with Crippen LogP contribution in [0.3, 0.4) is 0 Å². The second-order valence-corrected chi connectivity index (χ2v) is 8.88. The average molecular weight is 359 g/mol. The fourth-order valence-corrected chi connectivity index (χ4v) is 5.48. The minimum atomic E-state index is -0.0459. The number of carbonyl (C=O) groups excluding carboxylic acids is 1. The van der Waals surface area contributed by atoms with E-state index >= 15 is 0 Å². The fraction of sp³-hybridized carbons (Fsp3) is 0.632. The monoisotopic (exact) mass is 359 g/mol. The number of nitrogens with zero attached hydrogens (tertiary/aromatic N) is 3. The maximum atomic E-state index is 13.0. The van der Waals surface area contributed by atoms with Gasteiger partial charge in [0.2, 0.25) is 5.91 Å². The summed E-state index contributed by atoms with van der Waals surface area (Å²) < 4.78 is 1.51. The topological polar surface area (TPSA) is 55.2 Å². The number of thiophene rings is 1. The zero-order valence-electron chi connectivity index (χ0n) is 15.0. The van der Waals surface area contributed by atoms with Crippen LogP contribution in [-0.2, 0) is 24.2 Å². The highest BCUT2D eigenvalue weighted by Crippen LogP contribution is 2.35. The summed E-state index contributed by atoms with van der Waals surface area (Å²) in [6.07, 6.45) is 6.90. The highest BCUT2D eigenvalue weighted by Gasteiger charge is 2.25. The Bertz CT molecular complexity index is 869. The van der Waals surface area contributed by atoms with Crippen LogP contribution in [0.1, 0.15) is 43.6 Å². The Balaban J connectivity index is 1.63. The maximum Gasteiger partial charge on any atom is 0.262 e. The zero-order chi connectivity index (χ0) is 17.6. The van der Waals surface area contributed by atoms with Gasteiger partial charge >= 0.3 is 0 Å². The molecule has 0 unspecified atom stereocenters. The summed E-state index contributed by atoms with van der Waals surface area (Å²) in [5.41, 5.74) is 1.14. The van der Waals surface area contributed by atoms with Gasteiger partial charge in [0.25, 0.3) is 5.56 Å². The summed E-state index contributed by atoms with van der Waals surface area (Å²) in [7, 11) is 0. The molecule has 0 aromatic carbocycles. The fourth-order valence-electron chi connectivity index (χ4n) is 4.14. The summed E-state index contributed by atoms with van der Waals surface area (Å²) >= 11 is 1.65. The molecule has 1 aliphatic carbocycles. The van der Waals surface area contributed by atoms with Gasteiger partial charge in [-0.3, -0.25) is 14.2 Å². The van der Waals surface area contributed by atoms with Gasteiger partial charge < -0.3 is 4.90 Å². The third-order valence-corrected chi connectivity index (χ3v) is 6.76. The van der Waals surface area contributed by atoms with Gasteiger partial charge in [0.05, 0.1) is 11.7 Å². The summed E-state index contributed by atoms with van der Waals surface area (Å²) in [6, 6.07) is 0. The third-order valence-electron chi connectivity index (χ3n) is 5.60. The van der Waals surface area contributed by atoms with Gasteiger partial charge in [-0.15, -0.1) is 11.3 Å². The Morgan fingerprint density at radius 1 is 1.32 bits per heavy atom. The molecular weight excluding hydrogens is 334 g/mol. The number of piperidine rings is 1. The van der Waals surface area contributed by atoms with E-state index in [-0.39, 0.29) is 18.0 Å². The van der Waals surface area contributed by atoms with E-state index in [1.807, 2.05) is 4.90 Å². The lowest BCUT2D eigenvalue weighted by Gasteiger charge is -2.31. The van der Waals surface area contributed by atoms with E-state index in [0.29, 0.717) is 11.8 Å². The number of aromatic nitrogens is 2. The molecule has 0 radical (unpaired) electrons. The third kappa shape index (κ3) is 3.12. The lowest BCUT2D eigenvalue weighted by Crippen LogP contribution is -2.42. The number of amides is 1. The molecule has 0 N–H and O–H groups in total. The van der Waals surface area contributed by atoms with Crippen molar-refractivity contribution in [2.24, 2.45) is 11.8 Å². The predicted octanol–water partition coefficient (Wildman–Crippen LogP) is 2.84. The molecule has 1 saturated heterocycles. The van der Waals surface area contributed by atoms with Crippen LogP contribution in [-0.4, -0.2) is 33.4 Å². The lowest BCUT2D eigenvalue weighted by atomic mass is 9.89. The molecule has 2 atom stereocenters. The van der Waals surface area contributed by atoms with Crippen molar-refractivity contribution in [1.29, 1.82) is 0 Å². The van der Waals surface area contributed by atoms with Crippen molar-refractivity contribution in [3.63, 3.8) is 0 Å². The molecule has 1 aliphatic heterocycles. The molecule has 3 heterocycles. The summed E-state index contributed by atoms with van der Waals surface area (Å²) in [6.45, 7) is 6.15. The van der Waals surface area contributed by atoms with Gasteiger partial charge in [-0.1, -0.05) is 13.8 Å². The summed E-state index contributed by atoms with van der Waals surface area (Å²) in [5.74, 6) is 1.25. The smallest absolute Gasteiger partial charge is 0.262 e. The first-order valence-electron chi connectivity index (χ1n) is 9.30. The van der Waals surface area contributed by atoms with E-state index in [1.54, 1.807) is 17.7 Å². The quantitative estimate of drug-likeness (QED) is 0.828. The number of likely N-dealkylation sites (tertiary alicyclic amines) is 1. The number of fused-ring (bicyclic) bond motifs is 3. The second-order valence-electron chi connectivity index (χ2n) is 7.80. The molecule has 2 aromatic rings. The minimum Gasteiger partial charge on any atom is -0.341 e. The Labute approximate surface area is 151 Å². The Hall–Kier alpha value is -1.69. The van der Waals surface area contributed by atoms with Crippen molar-refractivity contribution < 1.29 is 4.79 Å². The largest absolute Gasteiger partial charge is 0.341 e. The highest BCUT2D eigenvalue weighted by atomic mass is 32.1. The predicted molar refractivity (Wildman–Crippen MR) is 100 cm³/mol. The van der Waals surface area contributed by atoms with Gasteiger partial charge in [0.15, 0.2) is 0 Å². The molecule has 1 fully saturated rings. The van der Waals surface area contributed by atoms with E-state index in [1.165, 1.54) is 21.4 Å². The van der Waals surface area contributed by atoms with Crippen molar-refractivity contribution in [2.45, 2.75) is 52.5 Å². The standard InChI is InChI=1S/C19H25N3O2S/c1-12-5-6-14-15(8-12)25-18-17(14)19(24)22(11-20-18)10-16(23)21-7-3-4-13(2)9-21/h11-13H,3-10H2,1-2H3/t12-,13+/m1/s1. The van der Waals surface area contributed by atoms with Crippen molar-refractivity contribution in [3.05, 3.63) is 27.1 Å². The first-order chi connectivity index (χ1) is 12.0. The van der Waals surface area contributed by atoms with E-state index in [0.717, 1.165) is 49.0 Å². The summed E-state index contributed by atoms with van der Waals surface area (Å²) in [5, 5.41) is 0.759. The van der Waals surface area contributed by atoms with Gasteiger partial charge in [-0.2, -0.15) is 0 Å². The van der Waals surface area contributed by atoms with Crippen molar-refractivity contribution in [1.82, 2.24) is 14.5 Å². The van der Waals surface area contributed by atoms with Crippen LogP contribution in [0.4, 0.5) is 0 Å². The Kier molecular flexibility index (Phi) is 4.40. The van der Waals surface area contributed by atoms with Crippen LogP contribution in [0.5, 0.6) is 0 Å². The Morgan fingerprint density at radius 2 is 2.16 bits per heavy atom. The Morgan fingerprint density at radius 3 is 2.96 bits per heavy atom. The van der Waals surface area contributed by atoms with Crippen LogP contribution in [0.25, 0.3) is 10.2 Å². The van der Waals surface area contributed by atoms with Crippen LogP contribution in [0, 0.1) is 11.8 Å². The van der Waals surface area contributed by atoms with Gasteiger partial charge in [0.1, 0.15) is 11.4 Å². The number of hydrogen-bond donors (Lipinski definition) is 0. The first kappa shape index (κ1) is 16.8. The molecular formula is C19H25N3O2S. The molecule has 25 heavy (non-hydrogen) atoms. The molecule has 1 amide bonds. The van der Waals surface area contributed by atoms with Gasteiger partial charge in [-0.05, 0) is 49.5 Å². The number of aryl methyl sites for hydroxylation is 1.